The van der Waals surface area contributed by atoms with Gasteiger partial charge in [-0.2, -0.15) is 4.31 Å². The van der Waals surface area contributed by atoms with E-state index in [1.165, 1.54) is 22.5 Å². The molecule has 1 saturated heterocycles. The van der Waals surface area contributed by atoms with Crippen LogP contribution in [0.15, 0.2) is 29.2 Å². The van der Waals surface area contributed by atoms with Gasteiger partial charge in [0.2, 0.25) is 10.0 Å². The van der Waals surface area contributed by atoms with Gasteiger partial charge in [0.05, 0.1) is 11.0 Å². The Balaban J connectivity index is 1.60. The molecule has 122 valence electrons. The first-order valence-corrected chi connectivity index (χ1v) is 9.07. The number of hydrogen-bond acceptors (Lipinski definition) is 4. The predicted molar refractivity (Wildman–Crippen MR) is 80.3 cm³/mol. The fraction of sp³-hybridized carbons (Fsp3) is 0.600. The fourth-order valence-electron chi connectivity index (χ4n) is 2.82. The van der Waals surface area contributed by atoms with E-state index in [0.717, 1.165) is 18.9 Å². The van der Waals surface area contributed by atoms with Crippen LogP contribution in [-0.4, -0.2) is 61.6 Å². The molecule has 0 radical (unpaired) electrons. The largest absolute Gasteiger partial charge is 0.392 e. The van der Waals surface area contributed by atoms with Crippen LogP contribution in [0.25, 0.3) is 0 Å². The van der Waals surface area contributed by atoms with E-state index in [9.17, 15) is 17.9 Å². The molecular weight excluding hydrogens is 307 g/mol. The minimum Gasteiger partial charge on any atom is -0.392 e. The summed E-state index contributed by atoms with van der Waals surface area (Å²) in [6, 6.07) is 5.11. The second kappa shape index (κ2) is 6.23. The zero-order valence-corrected chi connectivity index (χ0v) is 13.2. The highest BCUT2D eigenvalue weighted by molar-refractivity contribution is 7.89. The number of nitrogens with zero attached hydrogens (tertiary/aromatic N) is 2. The normalized spacial score (nSPS) is 22.6. The molecule has 0 bridgehead atoms. The first kappa shape index (κ1) is 15.9. The number of sulfonamides is 1. The molecule has 22 heavy (non-hydrogen) atoms. The van der Waals surface area contributed by atoms with Gasteiger partial charge in [-0.05, 0) is 37.0 Å². The van der Waals surface area contributed by atoms with Gasteiger partial charge < -0.3 is 5.11 Å². The number of halogens is 1. The van der Waals surface area contributed by atoms with Gasteiger partial charge in [-0.25, -0.2) is 12.8 Å². The molecule has 1 saturated carbocycles. The van der Waals surface area contributed by atoms with E-state index in [0.29, 0.717) is 38.6 Å². The van der Waals surface area contributed by atoms with Gasteiger partial charge in [0.15, 0.2) is 0 Å². The first-order chi connectivity index (χ1) is 10.5. The van der Waals surface area contributed by atoms with Crippen LogP contribution < -0.4 is 0 Å². The van der Waals surface area contributed by atoms with E-state index >= 15 is 0 Å². The monoisotopic (exact) mass is 328 g/mol. The van der Waals surface area contributed by atoms with Crippen molar-refractivity contribution < 1.29 is 17.9 Å². The van der Waals surface area contributed by atoms with E-state index < -0.39 is 15.8 Å². The summed E-state index contributed by atoms with van der Waals surface area (Å²) >= 11 is 0. The lowest BCUT2D eigenvalue weighted by atomic mass is 10.2. The van der Waals surface area contributed by atoms with Crippen molar-refractivity contribution in [3.05, 3.63) is 30.1 Å². The van der Waals surface area contributed by atoms with Crippen molar-refractivity contribution >= 4 is 10.0 Å². The molecule has 1 aromatic carbocycles. The van der Waals surface area contributed by atoms with E-state index in [4.69, 9.17) is 0 Å². The lowest BCUT2D eigenvalue weighted by Crippen LogP contribution is -2.50. The lowest BCUT2D eigenvalue weighted by molar-refractivity contribution is 0.0782. The Morgan fingerprint density at radius 2 is 1.91 bits per heavy atom. The van der Waals surface area contributed by atoms with Crippen LogP contribution in [-0.2, 0) is 10.0 Å². The SMILES string of the molecule is O=S(=O)(c1cccc(F)c1)N1CCN(C[C@@H](O)C2CC2)CC1. The molecule has 3 rings (SSSR count). The van der Waals surface area contributed by atoms with Gasteiger partial charge in [-0.3, -0.25) is 4.90 Å². The van der Waals surface area contributed by atoms with Gasteiger partial charge in [0.25, 0.3) is 0 Å². The number of aliphatic hydroxyl groups excluding tert-OH is 1. The summed E-state index contributed by atoms with van der Waals surface area (Å²) in [7, 11) is -3.64. The topological polar surface area (TPSA) is 60.9 Å². The number of hydrogen-bond donors (Lipinski definition) is 1. The van der Waals surface area contributed by atoms with Crippen LogP contribution in [0.4, 0.5) is 4.39 Å². The second-order valence-corrected chi connectivity index (χ2v) is 8.00. The first-order valence-electron chi connectivity index (χ1n) is 7.63. The molecule has 1 N–H and O–H groups in total. The maximum atomic E-state index is 13.2. The Bertz CT molecular complexity index is 625. The Hall–Kier alpha value is -1.02. The van der Waals surface area contributed by atoms with Crippen LogP contribution in [0.2, 0.25) is 0 Å². The Labute approximate surface area is 130 Å². The highest BCUT2D eigenvalue weighted by atomic mass is 32.2. The van der Waals surface area contributed by atoms with Gasteiger partial charge in [-0.1, -0.05) is 6.07 Å². The molecule has 1 aromatic rings. The third-order valence-corrected chi connectivity index (χ3v) is 6.27. The number of aliphatic hydroxyl groups is 1. The van der Waals surface area contributed by atoms with Gasteiger partial charge in [0.1, 0.15) is 5.82 Å². The molecule has 1 atom stereocenters. The summed E-state index contributed by atoms with van der Waals surface area (Å²) in [6.45, 7) is 2.54. The van der Waals surface area contributed by atoms with Crippen molar-refractivity contribution in [1.29, 1.82) is 0 Å². The summed E-state index contributed by atoms with van der Waals surface area (Å²) in [6.07, 6.45) is 1.89. The Morgan fingerprint density at radius 3 is 2.50 bits per heavy atom. The number of rotatable bonds is 5. The van der Waals surface area contributed by atoms with Gasteiger partial charge >= 0.3 is 0 Å². The standard InChI is InChI=1S/C15H21FN2O3S/c16-13-2-1-3-14(10-13)22(20,21)18-8-6-17(7-9-18)11-15(19)12-4-5-12/h1-3,10,12,15,19H,4-9,11H2/t15-/m1/s1. The third kappa shape index (κ3) is 3.48. The van der Waals surface area contributed by atoms with Gasteiger partial charge in [0, 0.05) is 32.7 Å². The molecule has 1 heterocycles. The summed E-state index contributed by atoms with van der Waals surface area (Å²) in [4.78, 5) is 2.10. The van der Waals surface area contributed by atoms with Crippen molar-refractivity contribution in [3.8, 4) is 0 Å². The van der Waals surface area contributed by atoms with E-state index in [1.54, 1.807) is 0 Å². The smallest absolute Gasteiger partial charge is 0.243 e. The fourth-order valence-corrected chi connectivity index (χ4v) is 4.28. The lowest BCUT2D eigenvalue weighted by Gasteiger charge is -2.34. The molecule has 2 fully saturated rings. The number of piperazine rings is 1. The minimum atomic E-state index is -3.64. The van der Waals surface area contributed by atoms with Crippen LogP contribution >= 0.6 is 0 Å². The molecular formula is C15H21FN2O3S. The zero-order valence-electron chi connectivity index (χ0n) is 12.4. The van der Waals surface area contributed by atoms with Gasteiger partial charge in [-0.15, -0.1) is 0 Å². The predicted octanol–water partition coefficient (Wildman–Crippen LogP) is 0.903. The van der Waals surface area contributed by atoms with Crippen LogP contribution in [0.5, 0.6) is 0 Å². The molecule has 0 unspecified atom stereocenters. The van der Waals surface area contributed by atoms with E-state index in [1.807, 2.05) is 0 Å². The highest BCUT2D eigenvalue weighted by Crippen LogP contribution is 2.33. The van der Waals surface area contributed by atoms with E-state index in [2.05, 4.69) is 4.90 Å². The molecule has 1 aliphatic heterocycles. The zero-order chi connectivity index (χ0) is 15.7. The molecule has 0 aromatic heterocycles. The molecule has 2 aliphatic rings. The Morgan fingerprint density at radius 1 is 1.23 bits per heavy atom. The summed E-state index contributed by atoms with van der Waals surface area (Å²) in [5.74, 6) is -0.124. The highest BCUT2D eigenvalue weighted by Gasteiger charge is 2.33. The molecule has 0 amide bonds. The molecule has 7 heteroatoms. The number of β-amino-alcohol motifs (C(OH)–C–C–N with tert-alkyl or cyclic N) is 1. The minimum absolute atomic E-state index is 0.000958. The second-order valence-electron chi connectivity index (χ2n) is 6.07. The van der Waals surface area contributed by atoms with Crippen LogP contribution in [0.3, 0.4) is 0 Å². The van der Waals surface area contributed by atoms with Crippen molar-refractivity contribution in [3.63, 3.8) is 0 Å². The van der Waals surface area contributed by atoms with E-state index in [-0.39, 0.29) is 11.0 Å². The quantitative estimate of drug-likeness (QED) is 0.872. The van der Waals surface area contributed by atoms with Crippen LogP contribution in [0, 0.1) is 11.7 Å². The summed E-state index contributed by atoms with van der Waals surface area (Å²) < 4.78 is 39.6. The molecule has 0 spiro atoms. The van der Waals surface area contributed by atoms with Crippen molar-refractivity contribution in [2.45, 2.75) is 23.8 Å². The average molecular weight is 328 g/mol. The molecule has 5 nitrogen and oxygen atoms in total. The van der Waals surface area contributed by atoms with Crippen molar-refractivity contribution in [2.24, 2.45) is 5.92 Å². The maximum absolute atomic E-state index is 13.2. The third-order valence-electron chi connectivity index (χ3n) is 4.38. The number of benzene rings is 1. The Kier molecular flexibility index (Phi) is 4.49. The average Bonchev–Trinajstić information content (AvgIpc) is 3.32. The molecule has 1 aliphatic carbocycles. The van der Waals surface area contributed by atoms with Crippen LogP contribution in [0.1, 0.15) is 12.8 Å². The summed E-state index contributed by atoms with van der Waals surface area (Å²) in [5, 5.41) is 9.96. The summed E-state index contributed by atoms with van der Waals surface area (Å²) in [5.41, 5.74) is 0. The van der Waals surface area contributed by atoms with Crippen molar-refractivity contribution in [2.75, 3.05) is 32.7 Å². The maximum Gasteiger partial charge on any atom is 0.243 e. The van der Waals surface area contributed by atoms with Crippen molar-refractivity contribution in [1.82, 2.24) is 9.21 Å².